The largest absolute Gasteiger partial charge is 0.396 e. The van der Waals surface area contributed by atoms with Crippen LogP contribution in [0.4, 0.5) is 11.5 Å². The molecule has 96 valence electrons. The Morgan fingerprint density at radius 3 is 2.94 bits per heavy atom. The van der Waals surface area contributed by atoms with Gasteiger partial charge in [-0.2, -0.15) is 17.0 Å². The molecule has 0 saturated heterocycles. The van der Waals surface area contributed by atoms with Crippen LogP contribution in [0.2, 0.25) is 0 Å². The lowest BCUT2D eigenvalue weighted by atomic mass is 9.95. The van der Waals surface area contributed by atoms with E-state index in [1.807, 2.05) is 23.9 Å². The first kappa shape index (κ1) is 13.0. The first-order valence-electron chi connectivity index (χ1n) is 6.20. The maximum atomic E-state index is 8.92. The van der Waals surface area contributed by atoms with Gasteiger partial charge in [-0.05, 0) is 31.2 Å². The van der Waals surface area contributed by atoms with Crippen LogP contribution in [0.3, 0.4) is 0 Å². The summed E-state index contributed by atoms with van der Waals surface area (Å²) in [5, 5.41) is 13.0. The minimum Gasteiger partial charge on any atom is -0.396 e. The number of nitriles is 1. The van der Waals surface area contributed by atoms with Gasteiger partial charge in [-0.15, -0.1) is 0 Å². The lowest BCUT2D eigenvalue weighted by Gasteiger charge is -2.31. The number of hydrogen-bond donors (Lipinski definition) is 2. The predicted molar refractivity (Wildman–Crippen MR) is 76.5 cm³/mol. The molecule has 0 aromatic carbocycles. The molecule has 0 bridgehead atoms. The van der Waals surface area contributed by atoms with Crippen molar-refractivity contribution in [1.82, 2.24) is 4.98 Å². The van der Waals surface area contributed by atoms with E-state index in [4.69, 9.17) is 11.0 Å². The Bertz CT molecular complexity index is 455. The highest BCUT2D eigenvalue weighted by Crippen LogP contribution is 2.29. The molecule has 4 nitrogen and oxygen atoms in total. The van der Waals surface area contributed by atoms with Crippen molar-refractivity contribution in [2.45, 2.75) is 37.0 Å². The highest BCUT2D eigenvalue weighted by molar-refractivity contribution is 7.99. The summed E-state index contributed by atoms with van der Waals surface area (Å²) in [5.41, 5.74) is 6.41. The SMILES string of the molecule is CSC1CCCCC1Nc1ccc(N)c(C#N)n1. The number of thioether (sulfide) groups is 1. The number of hydrogen-bond acceptors (Lipinski definition) is 5. The molecular weight excluding hydrogens is 244 g/mol. The van der Waals surface area contributed by atoms with E-state index in [1.54, 1.807) is 6.07 Å². The summed E-state index contributed by atoms with van der Waals surface area (Å²) in [6.07, 6.45) is 7.14. The van der Waals surface area contributed by atoms with Crippen LogP contribution in [0, 0.1) is 11.3 Å². The van der Waals surface area contributed by atoms with Gasteiger partial charge in [-0.25, -0.2) is 4.98 Å². The van der Waals surface area contributed by atoms with Crippen LogP contribution in [-0.2, 0) is 0 Å². The minimum atomic E-state index is 0.302. The zero-order chi connectivity index (χ0) is 13.0. The van der Waals surface area contributed by atoms with Gasteiger partial charge >= 0.3 is 0 Å². The Morgan fingerprint density at radius 1 is 1.44 bits per heavy atom. The van der Waals surface area contributed by atoms with E-state index in [2.05, 4.69) is 16.6 Å². The molecule has 1 aliphatic carbocycles. The van der Waals surface area contributed by atoms with Crippen molar-refractivity contribution in [3.05, 3.63) is 17.8 Å². The Morgan fingerprint density at radius 2 is 2.22 bits per heavy atom. The number of nitrogens with zero attached hydrogens (tertiary/aromatic N) is 2. The fourth-order valence-electron chi connectivity index (χ4n) is 2.37. The van der Waals surface area contributed by atoms with Crippen LogP contribution in [0.5, 0.6) is 0 Å². The van der Waals surface area contributed by atoms with Crippen molar-refractivity contribution in [1.29, 1.82) is 5.26 Å². The molecule has 0 amide bonds. The zero-order valence-corrected chi connectivity index (χ0v) is 11.3. The summed E-state index contributed by atoms with van der Waals surface area (Å²) < 4.78 is 0. The van der Waals surface area contributed by atoms with Crippen molar-refractivity contribution in [3.8, 4) is 6.07 Å². The maximum absolute atomic E-state index is 8.92. The zero-order valence-electron chi connectivity index (χ0n) is 10.5. The Labute approximate surface area is 112 Å². The third kappa shape index (κ3) is 2.88. The van der Waals surface area contributed by atoms with Crippen LogP contribution < -0.4 is 11.1 Å². The van der Waals surface area contributed by atoms with Gasteiger partial charge in [0, 0.05) is 11.3 Å². The molecule has 1 aliphatic rings. The normalized spacial score (nSPS) is 23.3. The standard InChI is InChI=1S/C13H18N4S/c1-18-12-5-3-2-4-10(12)16-13-7-6-9(15)11(8-14)17-13/h6-7,10,12H,2-5,15H2,1H3,(H,16,17). The molecule has 0 radical (unpaired) electrons. The van der Waals surface area contributed by atoms with E-state index in [0.29, 0.717) is 22.7 Å². The number of rotatable bonds is 3. The van der Waals surface area contributed by atoms with E-state index >= 15 is 0 Å². The van der Waals surface area contributed by atoms with E-state index in [1.165, 1.54) is 25.7 Å². The molecule has 1 fully saturated rings. The lowest BCUT2D eigenvalue weighted by Crippen LogP contribution is -2.34. The molecule has 0 aliphatic heterocycles. The summed E-state index contributed by atoms with van der Waals surface area (Å²) in [6.45, 7) is 0. The second kappa shape index (κ2) is 5.96. The van der Waals surface area contributed by atoms with Gasteiger partial charge < -0.3 is 11.1 Å². The van der Waals surface area contributed by atoms with E-state index < -0.39 is 0 Å². The number of nitrogens with one attached hydrogen (secondary N) is 1. The molecule has 1 saturated carbocycles. The van der Waals surface area contributed by atoms with Crippen molar-refractivity contribution in [2.24, 2.45) is 0 Å². The van der Waals surface area contributed by atoms with Gasteiger partial charge in [0.15, 0.2) is 5.69 Å². The van der Waals surface area contributed by atoms with Crippen LogP contribution in [0.25, 0.3) is 0 Å². The molecule has 1 aromatic rings. The monoisotopic (exact) mass is 262 g/mol. The third-order valence-electron chi connectivity index (χ3n) is 3.37. The van der Waals surface area contributed by atoms with Crippen LogP contribution in [0.15, 0.2) is 12.1 Å². The van der Waals surface area contributed by atoms with Gasteiger partial charge in [0.1, 0.15) is 11.9 Å². The minimum absolute atomic E-state index is 0.302. The maximum Gasteiger partial charge on any atom is 0.165 e. The van der Waals surface area contributed by atoms with Crippen LogP contribution in [0.1, 0.15) is 31.4 Å². The van der Waals surface area contributed by atoms with Gasteiger partial charge in [0.25, 0.3) is 0 Å². The summed E-state index contributed by atoms with van der Waals surface area (Å²) >= 11 is 1.91. The van der Waals surface area contributed by atoms with Gasteiger partial charge in [0.2, 0.25) is 0 Å². The smallest absolute Gasteiger partial charge is 0.165 e. The van der Waals surface area contributed by atoms with Gasteiger partial charge in [-0.3, -0.25) is 0 Å². The Balaban J connectivity index is 2.11. The molecule has 5 heteroatoms. The fraction of sp³-hybridized carbons (Fsp3) is 0.538. The molecule has 2 atom stereocenters. The molecule has 3 N–H and O–H groups in total. The van der Waals surface area contributed by atoms with Crippen molar-refractivity contribution < 1.29 is 0 Å². The highest BCUT2D eigenvalue weighted by Gasteiger charge is 2.24. The van der Waals surface area contributed by atoms with Gasteiger partial charge in [-0.1, -0.05) is 12.8 Å². The molecule has 1 aromatic heterocycles. The van der Waals surface area contributed by atoms with Crippen molar-refractivity contribution in [3.63, 3.8) is 0 Å². The molecule has 18 heavy (non-hydrogen) atoms. The predicted octanol–water partition coefficient (Wildman–Crippen LogP) is 2.62. The number of nitrogen functional groups attached to an aromatic ring is 1. The van der Waals surface area contributed by atoms with E-state index in [0.717, 1.165) is 5.82 Å². The molecular formula is C13H18N4S. The highest BCUT2D eigenvalue weighted by atomic mass is 32.2. The summed E-state index contributed by atoms with van der Waals surface area (Å²) in [5.74, 6) is 0.756. The molecule has 0 spiro atoms. The quantitative estimate of drug-likeness (QED) is 0.876. The van der Waals surface area contributed by atoms with E-state index in [9.17, 15) is 0 Å². The van der Waals surface area contributed by atoms with Crippen LogP contribution in [-0.4, -0.2) is 22.5 Å². The van der Waals surface area contributed by atoms with E-state index in [-0.39, 0.29) is 0 Å². The average Bonchev–Trinajstić information content (AvgIpc) is 2.41. The summed E-state index contributed by atoms with van der Waals surface area (Å²) in [4.78, 5) is 4.25. The van der Waals surface area contributed by atoms with Crippen LogP contribution >= 0.6 is 11.8 Å². The van der Waals surface area contributed by atoms with Gasteiger partial charge in [0.05, 0.1) is 5.69 Å². The second-order valence-electron chi connectivity index (χ2n) is 4.56. The number of nitrogens with two attached hydrogens (primary N) is 1. The number of pyridine rings is 1. The average molecular weight is 262 g/mol. The number of aromatic nitrogens is 1. The second-order valence-corrected chi connectivity index (χ2v) is 5.63. The van der Waals surface area contributed by atoms with Crippen molar-refractivity contribution in [2.75, 3.05) is 17.3 Å². The van der Waals surface area contributed by atoms with Crippen molar-refractivity contribution >= 4 is 23.3 Å². The number of anilines is 2. The fourth-order valence-corrected chi connectivity index (χ4v) is 3.31. The lowest BCUT2D eigenvalue weighted by molar-refractivity contribution is 0.474. The first-order valence-corrected chi connectivity index (χ1v) is 7.49. The summed E-state index contributed by atoms with van der Waals surface area (Å²) in [6, 6.07) is 6.05. The molecule has 2 rings (SSSR count). The Kier molecular flexibility index (Phi) is 4.32. The summed E-state index contributed by atoms with van der Waals surface area (Å²) in [7, 11) is 0. The molecule has 2 unspecified atom stereocenters. The third-order valence-corrected chi connectivity index (χ3v) is 4.54. The Hall–Kier alpha value is -1.41. The molecule has 1 heterocycles. The topological polar surface area (TPSA) is 74.7 Å². The first-order chi connectivity index (χ1) is 8.74.